The van der Waals surface area contributed by atoms with E-state index in [0.717, 1.165) is 17.7 Å². The highest BCUT2D eigenvalue weighted by molar-refractivity contribution is 5.79. The summed E-state index contributed by atoms with van der Waals surface area (Å²) in [5.74, 6) is 1.17. The average Bonchev–Trinajstić information content (AvgIpc) is 3.08. The summed E-state index contributed by atoms with van der Waals surface area (Å²) in [6.45, 7) is 2.11. The second kappa shape index (κ2) is 11.0. The van der Waals surface area contributed by atoms with Crippen LogP contribution in [0.4, 0.5) is 0 Å². The quantitative estimate of drug-likeness (QED) is 0.686. The molecule has 0 N–H and O–H groups in total. The Kier molecular flexibility index (Phi) is 7.88. The van der Waals surface area contributed by atoms with Gasteiger partial charge < -0.3 is 19.3 Å². The smallest absolute Gasteiger partial charge is 0.260 e. The lowest BCUT2D eigenvalue weighted by Gasteiger charge is -2.22. The summed E-state index contributed by atoms with van der Waals surface area (Å²) < 4.78 is 10.7. The van der Waals surface area contributed by atoms with E-state index in [1.807, 2.05) is 29.2 Å². The Hall–Kier alpha value is -3.53. The highest BCUT2D eigenvalue weighted by Gasteiger charge is 2.22. The minimum atomic E-state index is -0.139. The molecule has 0 aromatic heterocycles. The van der Waals surface area contributed by atoms with E-state index < -0.39 is 0 Å². The van der Waals surface area contributed by atoms with E-state index in [2.05, 4.69) is 6.07 Å². The lowest BCUT2D eigenvalue weighted by atomic mass is 10.1. The molecular formula is C24H27N3O4. The first-order valence-corrected chi connectivity index (χ1v) is 10.4. The zero-order chi connectivity index (χ0) is 22.1. The van der Waals surface area contributed by atoms with Gasteiger partial charge in [0.15, 0.2) is 6.61 Å². The minimum Gasteiger partial charge on any atom is -0.497 e. The van der Waals surface area contributed by atoms with Gasteiger partial charge in [0.2, 0.25) is 5.91 Å². The first-order chi connectivity index (χ1) is 15.1. The molecule has 1 saturated heterocycles. The second-order valence-corrected chi connectivity index (χ2v) is 7.36. The fourth-order valence-electron chi connectivity index (χ4n) is 3.53. The molecule has 3 rings (SSSR count). The SMILES string of the molecule is COc1ccc(CCC(=O)N2CCCN(C(=O)COc3ccccc3C#N)CC2)cc1. The first kappa shape index (κ1) is 22.2. The third-order valence-electron chi connectivity index (χ3n) is 5.35. The summed E-state index contributed by atoms with van der Waals surface area (Å²) in [7, 11) is 1.63. The van der Waals surface area contributed by atoms with Crippen LogP contribution >= 0.6 is 0 Å². The molecule has 0 spiro atoms. The van der Waals surface area contributed by atoms with Gasteiger partial charge in [-0.1, -0.05) is 24.3 Å². The van der Waals surface area contributed by atoms with E-state index in [9.17, 15) is 9.59 Å². The fraction of sp³-hybridized carbons (Fsp3) is 0.375. The number of aryl methyl sites for hydroxylation is 1. The van der Waals surface area contributed by atoms with E-state index in [0.29, 0.717) is 50.3 Å². The highest BCUT2D eigenvalue weighted by Crippen LogP contribution is 2.17. The molecule has 7 nitrogen and oxygen atoms in total. The third kappa shape index (κ3) is 6.22. The van der Waals surface area contributed by atoms with Crippen molar-refractivity contribution < 1.29 is 19.1 Å². The Morgan fingerprint density at radius 3 is 2.32 bits per heavy atom. The van der Waals surface area contributed by atoms with Crippen LogP contribution in [0.5, 0.6) is 11.5 Å². The van der Waals surface area contributed by atoms with Crippen LogP contribution in [-0.2, 0) is 16.0 Å². The Morgan fingerprint density at radius 2 is 1.65 bits per heavy atom. The molecule has 0 atom stereocenters. The molecule has 1 aliphatic heterocycles. The summed E-state index contributed by atoms with van der Waals surface area (Å²) in [5.41, 5.74) is 1.50. The van der Waals surface area contributed by atoms with Crippen LogP contribution < -0.4 is 9.47 Å². The Morgan fingerprint density at radius 1 is 0.968 bits per heavy atom. The average molecular weight is 421 g/mol. The first-order valence-electron chi connectivity index (χ1n) is 10.4. The molecule has 0 radical (unpaired) electrons. The Bertz CT molecular complexity index is 937. The number of ether oxygens (including phenoxy) is 2. The van der Waals surface area contributed by atoms with Gasteiger partial charge in [0.05, 0.1) is 12.7 Å². The summed E-state index contributed by atoms with van der Waals surface area (Å²) in [4.78, 5) is 28.8. The second-order valence-electron chi connectivity index (χ2n) is 7.36. The number of nitrogens with zero attached hydrogens (tertiary/aromatic N) is 3. The van der Waals surface area contributed by atoms with E-state index in [-0.39, 0.29) is 18.4 Å². The van der Waals surface area contributed by atoms with Gasteiger partial charge in [-0.05, 0) is 42.7 Å². The summed E-state index contributed by atoms with van der Waals surface area (Å²) in [6.07, 6.45) is 1.84. The molecule has 1 heterocycles. The maximum Gasteiger partial charge on any atom is 0.260 e. The number of methoxy groups -OCH3 is 1. The normalized spacial score (nSPS) is 13.8. The molecule has 2 aromatic carbocycles. The number of rotatable bonds is 7. The van der Waals surface area contributed by atoms with E-state index in [1.165, 1.54) is 0 Å². The number of para-hydroxylation sites is 1. The molecule has 0 aliphatic carbocycles. The number of nitriles is 1. The van der Waals surface area contributed by atoms with Crippen molar-refractivity contribution in [3.8, 4) is 17.6 Å². The molecule has 162 valence electrons. The molecule has 1 fully saturated rings. The highest BCUT2D eigenvalue weighted by atomic mass is 16.5. The van der Waals surface area contributed by atoms with Gasteiger partial charge in [0.1, 0.15) is 17.6 Å². The zero-order valence-electron chi connectivity index (χ0n) is 17.8. The molecular weight excluding hydrogens is 394 g/mol. The van der Waals surface area contributed by atoms with Crippen LogP contribution in [0, 0.1) is 11.3 Å². The number of carbonyl (C=O) groups excluding carboxylic acids is 2. The Balaban J connectivity index is 1.46. The maximum atomic E-state index is 12.6. The largest absolute Gasteiger partial charge is 0.497 e. The summed E-state index contributed by atoms with van der Waals surface area (Å²) in [6, 6.07) is 16.6. The molecule has 1 aliphatic rings. The van der Waals surface area contributed by atoms with Gasteiger partial charge in [0.25, 0.3) is 5.91 Å². The van der Waals surface area contributed by atoms with Crippen molar-refractivity contribution in [1.29, 1.82) is 5.26 Å². The van der Waals surface area contributed by atoms with Crippen molar-refractivity contribution in [2.45, 2.75) is 19.3 Å². The fourth-order valence-corrected chi connectivity index (χ4v) is 3.53. The van der Waals surface area contributed by atoms with Crippen molar-refractivity contribution in [2.75, 3.05) is 39.9 Å². The van der Waals surface area contributed by atoms with Crippen LogP contribution in [0.1, 0.15) is 24.0 Å². The molecule has 7 heteroatoms. The van der Waals surface area contributed by atoms with Crippen molar-refractivity contribution >= 4 is 11.8 Å². The maximum absolute atomic E-state index is 12.6. The molecule has 0 unspecified atom stereocenters. The topological polar surface area (TPSA) is 82.9 Å². The van der Waals surface area contributed by atoms with Crippen LogP contribution in [0.15, 0.2) is 48.5 Å². The van der Waals surface area contributed by atoms with Gasteiger partial charge in [0, 0.05) is 32.6 Å². The number of hydrogen-bond acceptors (Lipinski definition) is 5. The van der Waals surface area contributed by atoms with Gasteiger partial charge in [-0.3, -0.25) is 9.59 Å². The van der Waals surface area contributed by atoms with Gasteiger partial charge in [-0.2, -0.15) is 5.26 Å². The van der Waals surface area contributed by atoms with Crippen molar-refractivity contribution in [3.05, 3.63) is 59.7 Å². The van der Waals surface area contributed by atoms with Crippen LogP contribution in [-0.4, -0.2) is 61.5 Å². The predicted octanol–water partition coefficient (Wildman–Crippen LogP) is 2.64. The summed E-state index contributed by atoms with van der Waals surface area (Å²) in [5, 5.41) is 9.12. The molecule has 0 bridgehead atoms. The number of carbonyl (C=O) groups is 2. The van der Waals surface area contributed by atoms with Gasteiger partial charge in [-0.15, -0.1) is 0 Å². The molecule has 2 amide bonds. The van der Waals surface area contributed by atoms with Crippen LogP contribution in [0.25, 0.3) is 0 Å². The molecule has 0 saturated carbocycles. The third-order valence-corrected chi connectivity index (χ3v) is 5.35. The number of amides is 2. The van der Waals surface area contributed by atoms with Crippen molar-refractivity contribution in [3.63, 3.8) is 0 Å². The monoisotopic (exact) mass is 421 g/mol. The van der Waals surface area contributed by atoms with E-state index >= 15 is 0 Å². The zero-order valence-corrected chi connectivity index (χ0v) is 17.8. The van der Waals surface area contributed by atoms with E-state index in [1.54, 1.807) is 36.3 Å². The standard InChI is InChI=1S/C24H27N3O4/c1-30-21-10-7-19(8-11-21)9-12-23(28)26-13-4-14-27(16-15-26)24(29)18-31-22-6-3-2-5-20(22)17-25/h2-3,5-8,10-11H,4,9,12-16,18H2,1H3. The number of benzene rings is 2. The number of hydrogen-bond donors (Lipinski definition) is 0. The lowest BCUT2D eigenvalue weighted by molar-refractivity contribution is -0.134. The van der Waals surface area contributed by atoms with E-state index in [4.69, 9.17) is 14.7 Å². The van der Waals surface area contributed by atoms with Gasteiger partial charge >= 0.3 is 0 Å². The lowest BCUT2D eigenvalue weighted by Crippen LogP contribution is -2.39. The van der Waals surface area contributed by atoms with Crippen LogP contribution in [0.3, 0.4) is 0 Å². The molecule has 31 heavy (non-hydrogen) atoms. The molecule has 2 aromatic rings. The van der Waals surface area contributed by atoms with Crippen molar-refractivity contribution in [2.24, 2.45) is 0 Å². The van der Waals surface area contributed by atoms with Gasteiger partial charge in [-0.25, -0.2) is 0 Å². The summed E-state index contributed by atoms with van der Waals surface area (Å²) >= 11 is 0. The Labute approximate surface area is 182 Å². The predicted molar refractivity (Wildman–Crippen MR) is 116 cm³/mol. The van der Waals surface area contributed by atoms with Crippen molar-refractivity contribution in [1.82, 2.24) is 9.80 Å². The minimum absolute atomic E-state index is 0.101. The van der Waals surface area contributed by atoms with Crippen LogP contribution in [0.2, 0.25) is 0 Å².